The lowest BCUT2D eigenvalue weighted by atomic mass is 10.0. The third-order valence-electron chi connectivity index (χ3n) is 4.73. The first kappa shape index (κ1) is 22.6. The highest BCUT2D eigenvalue weighted by molar-refractivity contribution is 7.91. The molecular formula is C22H27NO5S. The van der Waals surface area contributed by atoms with Gasteiger partial charge in [-0.1, -0.05) is 35.9 Å². The van der Waals surface area contributed by atoms with Crippen molar-refractivity contribution in [2.45, 2.75) is 45.1 Å². The van der Waals surface area contributed by atoms with Gasteiger partial charge in [-0.15, -0.1) is 0 Å². The highest BCUT2D eigenvalue weighted by atomic mass is 32.2. The highest BCUT2D eigenvalue weighted by Crippen LogP contribution is 2.17. The van der Waals surface area contributed by atoms with Crippen molar-refractivity contribution in [3.8, 4) is 0 Å². The van der Waals surface area contributed by atoms with Crippen LogP contribution >= 0.6 is 0 Å². The molecule has 0 aliphatic heterocycles. The van der Waals surface area contributed by atoms with Crippen molar-refractivity contribution in [1.82, 2.24) is 5.32 Å². The molecule has 0 aliphatic rings. The standard InChI is InChI=1S/C22H27NO5S/c1-15-5-9-20(10-6-15)29(26,27)12-11-22(25)28-14-21(24)23-18(4)19-8-7-16(2)17(3)13-19/h5-10,13,18H,11-12,14H2,1-4H3,(H,23,24). The molecule has 0 aromatic heterocycles. The summed E-state index contributed by atoms with van der Waals surface area (Å²) in [5.74, 6) is -1.53. The van der Waals surface area contributed by atoms with Crippen molar-refractivity contribution < 1.29 is 22.7 Å². The summed E-state index contributed by atoms with van der Waals surface area (Å²) in [6, 6.07) is 12.1. The van der Waals surface area contributed by atoms with Crippen LogP contribution in [0, 0.1) is 20.8 Å². The molecule has 0 bridgehead atoms. The molecule has 7 heteroatoms. The quantitative estimate of drug-likeness (QED) is 0.666. The molecule has 156 valence electrons. The number of carbonyl (C=O) groups is 2. The normalized spacial score (nSPS) is 12.3. The molecule has 0 aliphatic carbocycles. The van der Waals surface area contributed by atoms with Gasteiger partial charge in [-0.3, -0.25) is 9.59 Å². The van der Waals surface area contributed by atoms with Gasteiger partial charge in [-0.2, -0.15) is 0 Å². The van der Waals surface area contributed by atoms with Gasteiger partial charge < -0.3 is 10.1 Å². The molecule has 29 heavy (non-hydrogen) atoms. The Kier molecular flexibility index (Phi) is 7.56. The van der Waals surface area contributed by atoms with Crippen molar-refractivity contribution in [2.75, 3.05) is 12.4 Å². The van der Waals surface area contributed by atoms with E-state index in [4.69, 9.17) is 4.74 Å². The van der Waals surface area contributed by atoms with E-state index in [1.807, 2.05) is 45.9 Å². The van der Waals surface area contributed by atoms with Crippen LogP contribution in [0.15, 0.2) is 47.4 Å². The number of aryl methyl sites for hydroxylation is 3. The van der Waals surface area contributed by atoms with E-state index in [1.54, 1.807) is 12.1 Å². The van der Waals surface area contributed by atoms with Crippen LogP contribution in [0.3, 0.4) is 0 Å². The topological polar surface area (TPSA) is 89.5 Å². The summed E-state index contributed by atoms with van der Waals surface area (Å²) < 4.78 is 29.4. The number of esters is 1. The molecule has 1 N–H and O–H groups in total. The smallest absolute Gasteiger partial charge is 0.307 e. The Morgan fingerprint density at radius 1 is 1.00 bits per heavy atom. The van der Waals surface area contributed by atoms with E-state index < -0.39 is 28.3 Å². The number of sulfone groups is 1. The zero-order valence-electron chi connectivity index (χ0n) is 17.2. The number of amides is 1. The summed E-state index contributed by atoms with van der Waals surface area (Å²) in [5, 5.41) is 2.77. The van der Waals surface area contributed by atoms with Crippen LogP contribution in [0.4, 0.5) is 0 Å². The average molecular weight is 418 g/mol. The van der Waals surface area contributed by atoms with Gasteiger partial charge in [0.25, 0.3) is 5.91 Å². The van der Waals surface area contributed by atoms with Crippen molar-refractivity contribution in [2.24, 2.45) is 0 Å². The van der Waals surface area contributed by atoms with E-state index in [0.717, 1.165) is 16.7 Å². The number of nitrogens with one attached hydrogen (secondary N) is 1. The Hall–Kier alpha value is -2.67. The Labute approximate surface area is 172 Å². The van der Waals surface area contributed by atoms with E-state index in [2.05, 4.69) is 5.32 Å². The second-order valence-corrected chi connectivity index (χ2v) is 9.28. The van der Waals surface area contributed by atoms with E-state index in [1.165, 1.54) is 17.7 Å². The second-order valence-electron chi connectivity index (χ2n) is 7.18. The number of hydrogen-bond acceptors (Lipinski definition) is 5. The highest BCUT2D eigenvalue weighted by Gasteiger charge is 2.18. The minimum Gasteiger partial charge on any atom is -0.456 e. The SMILES string of the molecule is Cc1ccc(S(=O)(=O)CCC(=O)OCC(=O)NC(C)c2ccc(C)c(C)c2)cc1. The molecule has 0 spiro atoms. The minimum absolute atomic E-state index is 0.163. The summed E-state index contributed by atoms with van der Waals surface area (Å²) in [4.78, 5) is 24.0. The second kappa shape index (κ2) is 9.69. The molecule has 0 fully saturated rings. The molecule has 2 aromatic rings. The van der Waals surface area contributed by atoms with Crippen LogP contribution in [0.2, 0.25) is 0 Å². The molecule has 0 saturated carbocycles. The molecule has 0 heterocycles. The summed E-state index contributed by atoms with van der Waals surface area (Å²) in [5.41, 5.74) is 4.20. The maximum Gasteiger partial charge on any atom is 0.307 e. The van der Waals surface area contributed by atoms with Crippen LogP contribution < -0.4 is 5.32 Å². The first-order chi connectivity index (χ1) is 13.6. The van der Waals surface area contributed by atoms with Crippen LogP contribution in [0.25, 0.3) is 0 Å². The molecule has 6 nitrogen and oxygen atoms in total. The number of rotatable bonds is 8. The lowest BCUT2D eigenvalue weighted by Gasteiger charge is -2.15. The molecule has 1 unspecified atom stereocenters. The van der Waals surface area contributed by atoms with Gasteiger partial charge in [0.15, 0.2) is 16.4 Å². The van der Waals surface area contributed by atoms with Gasteiger partial charge in [0.2, 0.25) is 0 Å². The maximum absolute atomic E-state index is 12.3. The van der Waals surface area contributed by atoms with Gasteiger partial charge in [-0.25, -0.2) is 8.42 Å². The van der Waals surface area contributed by atoms with E-state index in [0.29, 0.717) is 0 Å². The summed E-state index contributed by atoms with van der Waals surface area (Å²) in [6.07, 6.45) is -0.309. The minimum atomic E-state index is -3.57. The largest absolute Gasteiger partial charge is 0.456 e. The predicted molar refractivity (Wildman–Crippen MR) is 111 cm³/mol. The molecule has 2 rings (SSSR count). The van der Waals surface area contributed by atoms with Crippen LogP contribution in [0.1, 0.15) is 41.6 Å². The van der Waals surface area contributed by atoms with Gasteiger partial charge in [0.1, 0.15) is 0 Å². The predicted octanol–water partition coefficient (Wildman–Crippen LogP) is 3.20. The molecule has 0 radical (unpaired) electrons. The lowest BCUT2D eigenvalue weighted by molar-refractivity contribution is -0.148. The van der Waals surface area contributed by atoms with Crippen molar-refractivity contribution in [3.05, 3.63) is 64.7 Å². The zero-order chi connectivity index (χ0) is 21.6. The lowest BCUT2D eigenvalue weighted by Crippen LogP contribution is -2.31. The average Bonchev–Trinajstić information content (AvgIpc) is 2.67. The number of ether oxygens (including phenoxy) is 1. The maximum atomic E-state index is 12.3. The number of carbonyl (C=O) groups excluding carboxylic acids is 2. The third-order valence-corrected chi connectivity index (χ3v) is 6.46. The monoisotopic (exact) mass is 417 g/mol. The molecule has 1 atom stereocenters. The summed E-state index contributed by atoms with van der Waals surface area (Å²) in [6.45, 7) is 7.27. The van der Waals surface area contributed by atoms with Crippen molar-refractivity contribution in [1.29, 1.82) is 0 Å². The van der Waals surface area contributed by atoms with Gasteiger partial charge in [-0.05, 0) is 56.5 Å². The van der Waals surface area contributed by atoms with Gasteiger partial charge >= 0.3 is 5.97 Å². The Morgan fingerprint density at radius 2 is 1.66 bits per heavy atom. The first-order valence-corrected chi connectivity index (χ1v) is 11.1. The fraction of sp³-hybridized carbons (Fsp3) is 0.364. The van der Waals surface area contributed by atoms with Crippen LogP contribution in [0.5, 0.6) is 0 Å². The van der Waals surface area contributed by atoms with Gasteiger partial charge in [0.05, 0.1) is 23.1 Å². The fourth-order valence-corrected chi connectivity index (χ4v) is 3.92. The van der Waals surface area contributed by atoms with Crippen LogP contribution in [-0.4, -0.2) is 32.7 Å². The molecule has 0 saturated heterocycles. The first-order valence-electron chi connectivity index (χ1n) is 9.40. The van der Waals surface area contributed by atoms with Crippen molar-refractivity contribution in [3.63, 3.8) is 0 Å². The fourth-order valence-electron chi connectivity index (χ4n) is 2.70. The van der Waals surface area contributed by atoms with Gasteiger partial charge in [0, 0.05) is 0 Å². The van der Waals surface area contributed by atoms with E-state index >= 15 is 0 Å². The van der Waals surface area contributed by atoms with E-state index in [9.17, 15) is 18.0 Å². The Balaban J connectivity index is 1.80. The zero-order valence-corrected chi connectivity index (χ0v) is 18.0. The Morgan fingerprint density at radius 3 is 2.28 bits per heavy atom. The molecular weight excluding hydrogens is 390 g/mol. The van der Waals surface area contributed by atoms with Crippen LogP contribution in [-0.2, 0) is 24.2 Å². The third kappa shape index (κ3) is 6.71. The van der Waals surface area contributed by atoms with Crippen molar-refractivity contribution >= 4 is 21.7 Å². The number of benzene rings is 2. The summed E-state index contributed by atoms with van der Waals surface area (Å²) in [7, 11) is -3.57. The number of hydrogen-bond donors (Lipinski definition) is 1. The molecule has 2 aromatic carbocycles. The molecule has 1 amide bonds. The Bertz CT molecular complexity index is 981. The van der Waals surface area contributed by atoms with E-state index in [-0.39, 0.29) is 23.1 Å². The summed E-state index contributed by atoms with van der Waals surface area (Å²) >= 11 is 0.